The second kappa shape index (κ2) is 6.23. The molecule has 1 amide bonds. The molecule has 0 radical (unpaired) electrons. The Bertz CT molecular complexity index is 589. The van der Waals surface area contributed by atoms with Crippen LogP contribution in [0.5, 0.6) is 0 Å². The number of benzene rings is 1. The number of para-hydroxylation sites is 1. The van der Waals surface area contributed by atoms with Crippen LogP contribution in [0, 0.1) is 5.92 Å². The summed E-state index contributed by atoms with van der Waals surface area (Å²) in [5.41, 5.74) is 8.48. The van der Waals surface area contributed by atoms with E-state index in [0.29, 0.717) is 18.2 Å². The van der Waals surface area contributed by atoms with Gasteiger partial charge in [0.05, 0.1) is 6.20 Å². The van der Waals surface area contributed by atoms with Gasteiger partial charge >= 0.3 is 0 Å². The molecule has 0 aliphatic rings. The first-order valence-corrected chi connectivity index (χ1v) is 6.70. The predicted octanol–water partition coefficient (Wildman–Crippen LogP) is 1.90. The van der Waals surface area contributed by atoms with Crippen LogP contribution in [0.1, 0.15) is 13.8 Å². The van der Waals surface area contributed by atoms with Gasteiger partial charge in [-0.3, -0.25) is 9.48 Å². The van der Waals surface area contributed by atoms with E-state index in [1.807, 2.05) is 30.5 Å². The Morgan fingerprint density at radius 1 is 1.40 bits per heavy atom. The van der Waals surface area contributed by atoms with Crippen molar-refractivity contribution in [1.82, 2.24) is 15.1 Å². The summed E-state index contributed by atoms with van der Waals surface area (Å²) in [7, 11) is 0. The summed E-state index contributed by atoms with van der Waals surface area (Å²) >= 11 is 0. The number of hydrogen-bond donors (Lipinski definition) is 2. The second-order valence-corrected chi connectivity index (χ2v) is 5.21. The maximum atomic E-state index is 11.7. The maximum absolute atomic E-state index is 11.7. The lowest BCUT2D eigenvalue weighted by molar-refractivity contribution is -0.122. The summed E-state index contributed by atoms with van der Waals surface area (Å²) in [4.78, 5) is 11.7. The average Bonchev–Trinajstić information content (AvgIpc) is 2.85. The van der Waals surface area contributed by atoms with E-state index < -0.39 is 0 Å². The van der Waals surface area contributed by atoms with Crippen molar-refractivity contribution < 1.29 is 4.79 Å². The van der Waals surface area contributed by atoms with E-state index in [9.17, 15) is 4.79 Å². The number of carbonyl (C=O) groups excluding carboxylic acids is 1. The fraction of sp³-hybridized carbons (Fsp3) is 0.333. The van der Waals surface area contributed by atoms with Crippen molar-refractivity contribution in [3.05, 3.63) is 36.7 Å². The molecule has 5 heteroatoms. The van der Waals surface area contributed by atoms with Gasteiger partial charge < -0.3 is 11.1 Å². The zero-order valence-corrected chi connectivity index (χ0v) is 11.8. The van der Waals surface area contributed by atoms with Crippen molar-refractivity contribution in [1.29, 1.82) is 0 Å². The van der Waals surface area contributed by atoms with E-state index in [1.54, 1.807) is 10.9 Å². The van der Waals surface area contributed by atoms with Gasteiger partial charge in [0.1, 0.15) is 6.54 Å². The topological polar surface area (TPSA) is 72.9 Å². The van der Waals surface area contributed by atoms with Crippen molar-refractivity contribution in [3.8, 4) is 11.1 Å². The Morgan fingerprint density at radius 2 is 2.15 bits per heavy atom. The number of anilines is 1. The lowest BCUT2D eigenvalue weighted by Crippen LogP contribution is -2.30. The van der Waals surface area contributed by atoms with Gasteiger partial charge in [0.15, 0.2) is 0 Å². The standard InChI is InChI=1S/C15H20N4O/c1-11(2)7-17-15(20)10-19-9-12(8-18-19)13-5-3-4-6-14(13)16/h3-6,8-9,11H,7,10,16H2,1-2H3,(H,17,20). The first-order chi connectivity index (χ1) is 9.56. The van der Waals surface area contributed by atoms with Gasteiger partial charge in [0, 0.05) is 29.6 Å². The Morgan fingerprint density at radius 3 is 2.85 bits per heavy atom. The minimum absolute atomic E-state index is 0.0330. The van der Waals surface area contributed by atoms with E-state index in [1.165, 1.54) is 0 Å². The number of hydrogen-bond acceptors (Lipinski definition) is 3. The van der Waals surface area contributed by atoms with Crippen LogP contribution < -0.4 is 11.1 Å². The van der Waals surface area contributed by atoms with Crippen molar-refractivity contribution in [2.24, 2.45) is 5.92 Å². The molecule has 2 rings (SSSR count). The molecule has 5 nitrogen and oxygen atoms in total. The molecule has 0 aliphatic heterocycles. The van der Waals surface area contributed by atoms with Gasteiger partial charge in [0.25, 0.3) is 0 Å². The minimum Gasteiger partial charge on any atom is -0.398 e. The number of nitrogens with two attached hydrogens (primary N) is 1. The van der Waals surface area contributed by atoms with Crippen LogP contribution in [-0.2, 0) is 11.3 Å². The molecule has 3 N–H and O–H groups in total. The second-order valence-electron chi connectivity index (χ2n) is 5.21. The monoisotopic (exact) mass is 272 g/mol. The van der Waals surface area contributed by atoms with Gasteiger partial charge in [-0.25, -0.2) is 0 Å². The molecular formula is C15H20N4O. The van der Waals surface area contributed by atoms with Crippen molar-refractivity contribution in [2.75, 3.05) is 12.3 Å². The van der Waals surface area contributed by atoms with Crippen LogP contribution in [0.15, 0.2) is 36.7 Å². The highest BCUT2D eigenvalue weighted by Gasteiger charge is 2.08. The van der Waals surface area contributed by atoms with Crippen LogP contribution in [0.2, 0.25) is 0 Å². The average molecular weight is 272 g/mol. The third-order valence-corrected chi connectivity index (χ3v) is 2.92. The summed E-state index contributed by atoms with van der Waals surface area (Å²) in [6, 6.07) is 7.61. The Hall–Kier alpha value is -2.30. The molecule has 2 aromatic rings. The van der Waals surface area contributed by atoms with E-state index in [4.69, 9.17) is 5.73 Å². The lowest BCUT2D eigenvalue weighted by atomic mass is 10.1. The Balaban J connectivity index is 2.03. The first-order valence-electron chi connectivity index (χ1n) is 6.70. The highest BCUT2D eigenvalue weighted by Crippen LogP contribution is 2.24. The van der Waals surface area contributed by atoms with E-state index in [-0.39, 0.29) is 12.5 Å². The van der Waals surface area contributed by atoms with Crippen LogP contribution >= 0.6 is 0 Å². The number of carbonyl (C=O) groups is 1. The van der Waals surface area contributed by atoms with Crippen LogP contribution in [0.3, 0.4) is 0 Å². The van der Waals surface area contributed by atoms with Crippen molar-refractivity contribution in [3.63, 3.8) is 0 Å². The summed E-state index contributed by atoms with van der Waals surface area (Å²) in [5.74, 6) is 0.408. The number of rotatable bonds is 5. The smallest absolute Gasteiger partial charge is 0.241 e. The predicted molar refractivity (Wildman–Crippen MR) is 79.9 cm³/mol. The van der Waals surface area contributed by atoms with Crippen molar-refractivity contribution >= 4 is 11.6 Å². The van der Waals surface area contributed by atoms with E-state index in [2.05, 4.69) is 24.3 Å². The fourth-order valence-corrected chi connectivity index (χ4v) is 1.87. The van der Waals surface area contributed by atoms with E-state index >= 15 is 0 Å². The fourth-order valence-electron chi connectivity index (χ4n) is 1.87. The summed E-state index contributed by atoms with van der Waals surface area (Å²) in [6.07, 6.45) is 3.56. The SMILES string of the molecule is CC(C)CNC(=O)Cn1cc(-c2ccccc2N)cn1. The van der Waals surface area contributed by atoms with E-state index in [0.717, 1.165) is 11.1 Å². The molecule has 0 fully saturated rings. The number of nitrogen functional groups attached to an aromatic ring is 1. The zero-order valence-electron chi connectivity index (χ0n) is 11.8. The number of nitrogens with zero attached hydrogens (tertiary/aromatic N) is 2. The zero-order chi connectivity index (χ0) is 14.5. The molecule has 1 aromatic carbocycles. The normalized spacial score (nSPS) is 10.8. The number of aromatic nitrogens is 2. The lowest BCUT2D eigenvalue weighted by Gasteiger charge is -2.07. The highest BCUT2D eigenvalue weighted by molar-refractivity contribution is 5.77. The van der Waals surface area contributed by atoms with Gasteiger partial charge in [0.2, 0.25) is 5.91 Å². The quantitative estimate of drug-likeness (QED) is 0.817. The van der Waals surface area contributed by atoms with Gasteiger partial charge in [-0.1, -0.05) is 32.0 Å². The largest absolute Gasteiger partial charge is 0.398 e. The molecule has 20 heavy (non-hydrogen) atoms. The maximum Gasteiger partial charge on any atom is 0.241 e. The molecule has 0 spiro atoms. The molecule has 0 unspecified atom stereocenters. The number of nitrogens with one attached hydrogen (secondary N) is 1. The summed E-state index contributed by atoms with van der Waals surface area (Å²) < 4.78 is 1.62. The molecule has 1 aromatic heterocycles. The molecule has 0 atom stereocenters. The van der Waals surface area contributed by atoms with Gasteiger partial charge in [-0.15, -0.1) is 0 Å². The van der Waals surface area contributed by atoms with Gasteiger partial charge in [-0.05, 0) is 12.0 Å². The molecule has 0 saturated heterocycles. The third kappa shape index (κ3) is 3.60. The molecular weight excluding hydrogens is 252 g/mol. The summed E-state index contributed by atoms with van der Waals surface area (Å²) in [6.45, 7) is 5.02. The minimum atomic E-state index is -0.0330. The Kier molecular flexibility index (Phi) is 4.40. The third-order valence-electron chi connectivity index (χ3n) is 2.92. The van der Waals surface area contributed by atoms with Crippen LogP contribution in [-0.4, -0.2) is 22.2 Å². The Labute approximate surface area is 118 Å². The highest BCUT2D eigenvalue weighted by atomic mass is 16.2. The van der Waals surface area contributed by atoms with Gasteiger partial charge in [-0.2, -0.15) is 5.10 Å². The molecule has 0 saturated carbocycles. The van der Waals surface area contributed by atoms with Crippen LogP contribution in [0.25, 0.3) is 11.1 Å². The number of amides is 1. The molecule has 0 bridgehead atoms. The summed E-state index contributed by atoms with van der Waals surface area (Å²) in [5, 5.41) is 7.07. The molecule has 106 valence electrons. The van der Waals surface area contributed by atoms with Crippen molar-refractivity contribution in [2.45, 2.75) is 20.4 Å². The first kappa shape index (κ1) is 14.1. The molecule has 1 heterocycles. The van der Waals surface area contributed by atoms with Crippen LogP contribution in [0.4, 0.5) is 5.69 Å². The molecule has 0 aliphatic carbocycles.